The number of nitrogens with zero attached hydrogens (tertiary/aromatic N) is 2. The van der Waals surface area contributed by atoms with E-state index in [0.717, 1.165) is 28.6 Å². The lowest BCUT2D eigenvalue weighted by Gasteiger charge is -2.27. The predicted molar refractivity (Wildman–Crippen MR) is 108 cm³/mol. The molecule has 1 aromatic heterocycles. The van der Waals surface area contributed by atoms with Crippen LogP contribution in [-0.2, 0) is 12.8 Å². The van der Waals surface area contributed by atoms with Crippen LogP contribution in [0.25, 0.3) is 11.1 Å². The molecule has 0 radical (unpaired) electrons. The van der Waals surface area contributed by atoms with E-state index in [9.17, 15) is 9.65 Å². The number of nitrogen functional groups attached to an aromatic ring is 1. The molecule has 3 aromatic rings. The van der Waals surface area contributed by atoms with E-state index in [1.807, 2.05) is 18.2 Å². The highest BCUT2D eigenvalue weighted by molar-refractivity contribution is 9.10. The molecule has 1 unspecified atom stereocenters. The molecule has 1 aliphatic carbocycles. The number of hydrogen-bond donors (Lipinski definition) is 1. The number of fused-ring (bicyclic) bond motifs is 1. The van der Waals surface area contributed by atoms with Crippen molar-refractivity contribution in [1.82, 2.24) is 4.98 Å². The first-order chi connectivity index (χ1) is 13.1. The summed E-state index contributed by atoms with van der Waals surface area (Å²) in [7, 11) is 0. The van der Waals surface area contributed by atoms with Gasteiger partial charge < -0.3 is 5.73 Å². The normalized spacial score (nSPS) is 15.8. The third-order valence-electron chi connectivity index (χ3n) is 5.17. The molecule has 0 bridgehead atoms. The first-order valence-corrected chi connectivity index (χ1v) is 9.59. The molecule has 2 aromatic carbocycles. The number of nitrogens with two attached hydrogens (primary N) is 1. The maximum atomic E-state index is 14.7. The fourth-order valence-corrected chi connectivity index (χ4v) is 4.25. The van der Waals surface area contributed by atoms with Gasteiger partial charge in [0.1, 0.15) is 23.3 Å². The minimum Gasteiger partial charge on any atom is -0.383 e. The van der Waals surface area contributed by atoms with Crippen LogP contribution in [0.2, 0.25) is 0 Å². The Morgan fingerprint density at radius 2 is 1.96 bits per heavy atom. The molecule has 0 saturated carbocycles. The molecule has 4 rings (SSSR count). The largest absolute Gasteiger partial charge is 0.383 e. The zero-order valence-electron chi connectivity index (χ0n) is 14.5. The molecule has 2 N–H and O–H groups in total. The Morgan fingerprint density at radius 3 is 2.70 bits per heavy atom. The number of aryl methyl sites for hydroxylation is 1. The van der Waals surface area contributed by atoms with Crippen molar-refractivity contribution in [3.05, 3.63) is 81.2 Å². The average Bonchev–Trinajstić information content (AvgIpc) is 2.69. The molecule has 0 fully saturated rings. The summed E-state index contributed by atoms with van der Waals surface area (Å²) in [6, 6.07) is 17.2. The van der Waals surface area contributed by atoms with Crippen LogP contribution in [0, 0.1) is 17.1 Å². The molecular formula is C22H17BrFN3. The van der Waals surface area contributed by atoms with Gasteiger partial charge >= 0.3 is 0 Å². The van der Waals surface area contributed by atoms with Gasteiger partial charge in [0.05, 0.1) is 0 Å². The molecule has 0 saturated heterocycles. The van der Waals surface area contributed by atoms with Gasteiger partial charge in [0.25, 0.3) is 0 Å². The monoisotopic (exact) mass is 421 g/mol. The summed E-state index contributed by atoms with van der Waals surface area (Å²) in [4.78, 5) is 4.47. The van der Waals surface area contributed by atoms with E-state index >= 15 is 0 Å². The van der Waals surface area contributed by atoms with Gasteiger partial charge in [0, 0.05) is 21.3 Å². The average molecular weight is 422 g/mol. The standard InChI is InChI=1S/C22H17BrFN3/c23-15-7-8-19(24)16(11-15)21-17-10-14(13-4-2-1-3-5-13)6-9-20(17)27-22(26)18(21)12-25/h1-5,7-8,11,14H,6,9-10H2,(H2,26,27). The minimum atomic E-state index is -0.371. The van der Waals surface area contributed by atoms with E-state index < -0.39 is 0 Å². The molecule has 1 aliphatic rings. The van der Waals surface area contributed by atoms with Gasteiger partial charge in [-0.2, -0.15) is 5.26 Å². The van der Waals surface area contributed by atoms with Gasteiger partial charge in [0.15, 0.2) is 0 Å². The molecule has 5 heteroatoms. The molecule has 0 spiro atoms. The van der Waals surface area contributed by atoms with Gasteiger partial charge in [0.2, 0.25) is 0 Å². The Kier molecular flexibility index (Phi) is 4.67. The quantitative estimate of drug-likeness (QED) is 0.604. The van der Waals surface area contributed by atoms with Crippen molar-refractivity contribution in [1.29, 1.82) is 5.26 Å². The Labute approximate surface area is 165 Å². The number of nitriles is 1. The van der Waals surface area contributed by atoms with E-state index in [0.29, 0.717) is 23.5 Å². The molecule has 3 nitrogen and oxygen atoms in total. The molecule has 1 heterocycles. The second kappa shape index (κ2) is 7.13. The third-order valence-corrected chi connectivity index (χ3v) is 5.67. The highest BCUT2D eigenvalue weighted by Crippen LogP contribution is 2.41. The van der Waals surface area contributed by atoms with Crippen LogP contribution < -0.4 is 5.73 Å². The summed E-state index contributed by atoms with van der Waals surface area (Å²) in [6.45, 7) is 0. The Morgan fingerprint density at radius 1 is 1.19 bits per heavy atom. The summed E-state index contributed by atoms with van der Waals surface area (Å²) in [5.41, 5.74) is 10.3. The van der Waals surface area contributed by atoms with Crippen molar-refractivity contribution in [3.63, 3.8) is 0 Å². The lowest BCUT2D eigenvalue weighted by atomic mass is 9.78. The van der Waals surface area contributed by atoms with Crippen LogP contribution in [0.4, 0.5) is 10.2 Å². The van der Waals surface area contributed by atoms with Crippen molar-refractivity contribution in [2.75, 3.05) is 5.73 Å². The smallest absolute Gasteiger partial charge is 0.142 e. The van der Waals surface area contributed by atoms with Gasteiger partial charge in [-0.25, -0.2) is 9.37 Å². The Bertz CT molecular complexity index is 1060. The van der Waals surface area contributed by atoms with Crippen molar-refractivity contribution < 1.29 is 4.39 Å². The van der Waals surface area contributed by atoms with Crippen LogP contribution >= 0.6 is 15.9 Å². The molecule has 1 atom stereocenters. The topological polar surface area (TPSA) is 62.7 Å². The fourth-order valence-electron chi connectivity index (χ4n) is 3.89. The highest BCUT2D eigenvalue weighted by Gasteiger charge is 2.28. The zero-order valence-corrected chi connectivity index (χ0v) is 16.1. The zero-order chi connectivity index (χ0) is 19.0. The summed E-state index contributed by atoms with van der Waals surface area (Å²) in [5.74, 6) is 0.109. The first-order valence-electron chi connectivity index (χ1n) is 8.80. The summed E-state index contributed by atoms with van der Waals surface area (Å²) < 4.78 is 15.5. The summed E-state index contributed by atoms with van der Waals surface area (Å²) >= 11 is 3.41. The molecular weight excluding hydrogens is 405 g/mol. The third kappa shape index (κ3) is 3.22. The Balaban J connectivity index is 1.93. The van der Waals surface area contributed by atoms with E-state index in [-0.39, 0.29) is 17.2 Å². The van der Waals surface area contributed by atoms with Gasteiger partial charge in [-0.15, -0.1) is 0 Å². The SMILES string of the molecule is N#Cc1c(N)nc2c(c1-c1cc(Br)ccc1F)CC(c1ccccc1)CC2. The van der Waals surface area contributed by atoms with E-state index in [2.05, 4.69) is 39.1 Å². The second-order valence-corrected chi connectivity index (χ2v) is 7.67. The number of hydrogen-bond acceptors (Lipinski definition) is 3. The molecule has 0 aliphatic heterocycles. The number of aromatic nitrogens is 1. The lowest BCUT2D eigenvalue weighted by Crippen LogP contribution is -2.18. The van der Waals surface area contributed by atoms with Crippen LogP contribution in [0.15, 0.2) is 53.0 Å². The maximum absolute atomic E-state index is 14.7. The van der Waals surface area contributed by atoms with Crippen LogP contribution in [-0.4, -0.2) is 4.98 Å². The summed E-state index contributed by atoms with van der Waals surface area (Å²) in [5, 5.41) is 9.70. The fraction of sp³-hybridized carbons (Fsp3) is 0.182. The number of anilines is 1. The van der Waals surface area contributed by atoms with Crippen LogP contribution in [0.1, 0.15) is 34.7 Å². The van der Waals surface area contributed by atoms with E-state index in [4.69, 9.17) is 5.73 Å². The molecule has 134 valence electrons. The van der Waals surface area contributed by atoms with E-state index in [1.54, 1.807) is 12.1 Å². The van der Waals surface area contributed by atoms with Crippen molar-refractivity contribution in [2.24, 2.45) is 0 Å². The molecule has 27 heavy (non-hydrogen) atoms. The predicted octanol–water partition coefficient (Wildman–Crippen LogP) is 5.38. The summed E-state index contributed by atoms with van der Waals surface area (Å²) in [6.07, 6.45) is 2.42. The van der Waals surface area contributed by atoms with Gasteiger partial charge in [-0.3, -0.25) is 0 Å². The number of benzene rings is 2. The molecule has 0 amide bonds. The van der Waals surface area contributed by atoms with Crippen molar-refractivity contribution in [3.8, 4) is 17.2 Å². The number of rotatable bonds is 2. The van der Waals surface area contributed by atoms with Crippen LogP contribution in [0.3, 0.4) is 0 Å². The highest BCUT2D eigenvalue weighted by atomic mass is 79.9. The first kappa shape index (κ1) is 17.7. The second-order valence-electron chi connectivity index (χ2n) is 6.76. The van der Waals surface area contributed by atoms with E-state index in [1.165, 1.54) is 11.6 Å². The number of halogens is 2. The Hall–Kier alpha value is -2.71. The number of pyridine rings is 1. The maximum Gasteiger partial charge on any atom is 0.142 e. The van der Waals surface area contributed by atoms with Gasteiger partial charge in [-0.05, 0) is 54.5 Å². The van der Waals surface area contributed by atoms with Crippen LogP contribution in [0.5, 0.6) is 0 Å². The van der Waals surface area contributed by atoms with Crippen molar-refractivity contribution in [2.45, 2.75) is 25.2 Å². The van der Waals surface area contributed by atoms with Crippen molar-refractivity contribution >= 4 is 21.7 Å². The lowest BCUT2D eigenvalue weighted by molar-refractivity contribution is 0.575. The van der Waals surface area contributed by atoms with Gasteiger partial charge in [-0.1, -0.05) is 46.3 Å². The minimum absolute atomic E-state index is 0.170.